The van der Waals surface area contributed by atoms with Crippen LogP contribution in [0.5, 0.6) is 0 Å². The highest BCUT2D eigenvalue weighted by molar-refractivity contribution is 7.80. The highest BCUT2D eigenvalue weighted by atomic mass is 32.1. The average Bonchev–Trinajstić information content (AvgIpc) is 3.17. The van der Waals surface area contributed by atoms with Gasteiger partial charge in [0, 0.05) is 50.0 Å². The first-order valence-corrected chi connectivity index (χ1v) is 10.5. The van der Waals surface area contributed by atoms with Crippen LogP contribution in [0.3, 0.4) is 0 Å². The number of aromatic amines is 1. The van der Waals surface area contributed by atoms with Crippen LogP contribution < -0.4 is 15.5 Å². The molecule has 0 bridgehead atoms. The number of H-pyrrole nitrogens is 1. The number of halogens is 1. The van der Waals surface area contributed by atoms with Crippen molar-refractivity contribution in [1.82, 2.24) is 19.9 Å². The number of benzene rings is 2. The van der Waals surface area contributed by atoms with E-state index in [9.17, 15) is 4.39 Å². The first-order valence-electron chi connectivity index (χ1n) is 10.1. The van der Waals surface area contributed by atoms with Gasteiger partial charge in [-0.25, -0.2) is 14.4 Å². The molecular weight excluding hydrogens is 413 g/mol. The van der Waals surface area contributed by atoms with Gasteiger partial charge in [0.15, 0.2) is 5.11 Å². The molecule has 0 unspecified atom stereocenters. The standard InChI is InChI=1S/C22H22FN7S/c1-24-15-3-5-16(6-4-15)27-22(31)30-10-8-29(9-11-30)21-19-17-7-2-14(23)12-18(17)28-20(19)25-13-26-21/h2-7,12-13,24H,8-11H2,1H3,(H,27,31)(H,25,26,28). The third kappa shape index (κ3) is 3.72. The molecule has 2 aromatic carbocycles. The molecule has 1 aliphatic heterocycles. The van der Waals surface area contributed by atoms with Crippen molar-refractivity contribution < 1.29 is 4.39 Å². The molecule has 0 atom stereocenters. The van der Waals surface area contributed by atoms with Crippen LogP contribution in [0.4, 0.5) is 21.6 Å². The Morgan fingerprint density at radius 3 is 2.52 bits per heavy atom. The Morgan fingerprint density at radius 2 is 1.77 bits per heavy atom. The molecule has 1 aliphatic rings. The molecule has 0 spiro atoms. The average molecular weight is 436 g/mol. The van der Waals surface area contributed by atoms with Crippen LogP contribution in [-0.4, -0.2) is 58.2 Å². The fourth-order valence-corrected chi connectivity index (χ4v) is 4.27. The van der Waals surface area contributed by atoms with Gasteiger partial charge < -0.3 is 25.4 Å². The van der Waals surface area contributed by atoms with Gasteiger partial charge in [-0.15, -0.1) is 0 Å². The van der Waals surface area contributed by atoms with Gasteiger partial charge in [-0.1, -0.05) is 0 Å². The monoisotopic (exact) mass is 435 g/mol. The lowest BCUT2D eigenvalue weighted by Crippen LogP contribution is -2.50. The first-order chi connectivity index (χ1) is 15.1. The van der Waals surface area contributed by atoms with E-state index in [1.165, 1.54) is 12.1 Å². The van der Waals surface area contributed by atoms with Gasteiger partial charge in [-0.05, 0) is 54.7 Å². The van der Waals surface area contributed by atoms with Crippen LogP contribution in [-0.2, 0) is 0 Å². The summed E-state index contributed by atoms with van der Waals surface area (Å²) < 4.78 is 13.6. The molecule has 4 aromatic rings. The normalized spacial score (nSPS) is 14.3. The predicted molar refractivity (Wildman–Crippen MR) is 127 cm³/mol. The van der Waals surface area contributed by atoms with E-state index >= 15 is 0 Å². The van der Waals surface area contributed by atoms with Gasteiger partial charge in [0.1, 0.15) is 23.6 Å². The third-order valence-electron chi connectivity index (χ3n) is 5.62. The first kappa shape index (κ1) is 19.5. The molecule has 7 nitrogen and oxygen atoms in total. The summed E-state index contributed by atoms with van der Waals surface area (Å²) in [5, 5.41) is 9.00. The fraction of sp³-hybridized carbons (Fsp3) is 0.227. The lowest BCUT2D eigenvalue weighted by molar-refractivity contribution is 0.390. The van der Waals surface area contributed by atoms with Crippen molar-refractivity contribution in [1.29, 1.82) is 0 Å². The maximum Gasteiger partial charge on any atom is 0.173 e. The third-order valence-corrected chi connectivity index (χ3v) is 5.98. The zero-order valence-electron chi connectivity index (χ0n) is 17.0. The number of piperazine rings is 1. The van der Waals surface area contributed by atoms with E-state index in [1.807, 2.05) is 31.3 Å². The summed E-state index contributed by atoms with van der Waals surface area (Å²) in [6, 6.07) is 12.8. The lowest BCUT2D eigenvalue weighted by atomic mass is 10.2. The molecule has 0 saturated carbocycles. The fourth-order valence-electron chi connectivity index (χ4n) is 3.97. The Hall–Kier alpha value is -3.46. The van der Waals surface area contributed by atoms with Crippen molar-refractivity contribution in [2.45, 2.75) is 0 Å². The van der Waals surface area contributed by atoms with Gasteiger partial charge >= 0.3 is 0 Å². The highest BCUT2D eigenvalue weighted by Gasteiger charge is 2.23. The van der Waals surface area contributed by atoms with Crippen LogP contribution in [0, 0.1) is 5.82 Å². The molecule has 31 heavy (non-hydrogen) atoms. The molecule has 3 heterocycles. The number of nitrogens with zero attached hydrogens (tertiary/aromatic N) is 4. The van der Waals surface area contributed by atoms with E-state index in [0.717, 1.165) is 65.3 Å². The second-order valence-electron chi connectivity index (χ2n) is 7.47. The second-order valence-corrected chi connectivity index (χ2v) is 7.85. The molecule has 3 N–H and O–H groups in total. The zero-order chi connectivity index (χ0) is 21.4. The maximum atomic E-state index is 13.6. The van der Waals surface area contributed by atoms with Gasteiger partial charge in [-0.2, -0.15) is 0 Å². The maximum absolute atomic E-state index is 13.6. The van der Waals surface area contributed by atoms with Gasteiger partial charge in [-0.3, -0.25) is 0 Å². The van der Waals surface area contributed by atoms with Crippen molar-refractivity contribution in [3.63, 3.8) is 0 Å². The number of fused-ring (bicyclic) bond motifs is 3. The van der Waals surface area contributed by atoms with Crippen LogP contribution in [0.1, 0.15) is 0 Å². The number of anilines is 3. The quantitative estimate of drug-likeness (QED) is 0.423. The number of rotatable bonds is 3. The number of hydrogen-bond donors (Lipinski definition) is 3. The number of nitrogens with one attached hydrogen (secondary N) is 3. The van der Waals surface area contributed by atoms with E-state index in [2.05, 4.69) is 35.4 Å². The molecule has 158 valence electrons. The van der Waals surface area contributed by atoms with Crippen molar-refractivity contribution in [3.05, 3.63) is 54.6 Å². The molecule has 0 amide bonds. The van der Waals surface area contributed by atoms with Gasteiger partial charge in [0.2, 0.25) is 0 Å². The lowest BCUT2D eigenvalue weighted by Gasteiger charge is -2.37. The smallest absolute Gasteiger partial charge is 0.173 e. The summed E-state index contributed by atoms with van der Waals surface area (Å²) in [5.74, 6) is 0.591. The highest BCUT2D eigenvalue weighted by Crippen LogP contribution is 2.31. The number of hydrogen-bond acceptors (Lipinski definition) is 5. The van der Waals surface area contributed by atoms with Gasteiger partial charge in [0.25, 0.3) is 0 Å². The topological polar surface area (TPSA) is 72.1 Å². The van der Waals surface area contributed by atoms with Crippen molar-refractivity contribution >= 4 is 56.5 Å². The number of aromatic nitrogens is 3. The molecular formula is C22H22FN7S. The summed E-state index contributed by atoms with van der Waals surface area (Å²) in [7, 11) is 1.90. The molecule has 5 rings (SSSR count). The molecule has 9 heteroatoms. The predicted octanol–water partition coefficient (Wildman–Crippen LogP) is 3.81. The van der Waals surface area contributed by atoms with Crippen LogP contribution in [0.15, 0.2) is 48.8 Å². The summed E-state index contributed by atoms with van der Waals surface area (Å²) in [6.45, 7) is 3.12. The van der Waals surface area contributed by atoms with Crippen LogP contribution in [0.2, 0.25) is 0 Å². The van der Waals surface area contributed by atoms with Crippen LogP contribution >= 0.6 is 12.2 Å². The summed E-state index contributed by atoms with van der Waals surface area (Å²) in [6.07, 6.45) is 1.55. The van der Waals surface area contributed by atoms with E-state index in [0.29, 0.717) is 5.11 Å². The van der Waals surface area contributed by atoms with E-state index < -0.39 is 0 Å². The Kier molecular flexibility index (Phi) is 5.03. The molecule has 0 radical (unpaired) electrons. The summed E-state index contributed by atoms with van der Waals surface area (Å²) in [4.78, 5) is 16.5. The molecule has 0 aliphatic carbocycles. The Bertz CT molecular complexity index is 1250. The summed E-state index contributed by atoms with van der Waals surface area (Å²) in [5.41, 5.74) is 3.47. The van der Waals surface area contributed by atoms with E-state index in [4.69, 9.17) is 12.2 Å². The number of thiocarbonyl (C=S) groups is 1. The largest absolute Gasteiger partial charge is 0.388 e. The minimum atomic E-state index is -0.274. The molecule has 1 saturated heterocycles. The van der Waals surface area contributed by atoms with Crippen LogP contribution in [0.25, 0.3) is 21.9 Å². The zero-order valence-corrected chi connectivity index (χ0v) is 17.8. The van der Waals surface area contributed by atoms with Crippen molar-refractivity contribution in [2.75, 3.05) is 48.8 Å². The Morgan fingerprint density at radius 1 is 1.03 bits per heavy atom. The van der Waals surface area contributed by atoms with Crippen molar-refractivity contribution in [3.8, 4) is 0 Å². The molecule has 2 aromatic heterocycles. The second kappa shape index (κ2) is 7.99. The summed E-state index contributed by atoms with van der Waals surface area (Å²) >= 11 is 5.63. The Balaban J connectivity index is 1.31. The minimum Gasteiger partial charge on any atom is -0.388 e. The van der Waals surface area contributed by atoms with Crippen molar-refractivity contribution in [2.24, 2.45) is 0 Å². The van der Waals surface area contributed by atoms with Gasteiger partial charge in [0.05, 0.1) is 10.9 Å². The SMILES string of the molecule is CNc1ccc(NC(=S)N2CCN(c3ncnc4[nH]c5cc(F)ccc5c34)CC2)cc1. The van der Waals surface area contributed by atoms with E-state index in [1.54, 1.807) is 12.4 Å². The minimum absolute atomic E-state index is 0.274. The molecule has 1 fully saturated rings. The Labute approximate surface area is 184 Å². The van der Waals surface area contributed by atoms with E-state index in [-0.39, 0.29) is 5.82 Å².